The van der Waals surface area contributed by atoms with Crippen LogP contribution in [0.5, 0.6) is 0 Å². The number of rotatable bonds is 5. The van der Waals surface area contributed by atoms with Gasteiger partial charge >= 0.3 is 0 Å². The topological polar surface area (TPSA) is 26.0 Å². The minimum atomic E-state index is -2.41. The summed E-state index contributed by atoms with van der Waals surface area (Å²) in [6.07, 6.45) is -0.741. The summed E-state index contributed by atoms with van der Waals surface area (Å²) in [6, 6.07) is 0. The van der Waals surface area contributed by atoms with Gasteiger partial charge in [-0.3, -0.25) is 0 Å². The molecule has 0 aromatic heterocycles. The molecule has 1 nitrogen and oxygen atoms in total. The highest BCUT2D eigenvalue weighted by molar-refractivity contribution is 4.86. The lowest BCUT2D eigenvalue weighted by atomic mass is 9.86. The molecule has 12 heavy (non-hydrogen) atoms. The van der Waals surface area contributed by atoms with E-state index in [1.54, 1.807) is 6.92 Å². The first kappa shape index (κ1) is 11.8. The molecule has 0 amide bonds. The molecular formula is C9H19F2N. The van der Waals surface area contributed by atoms with Gasteiger partial charge in [-0.2, -0.15) is 0 Å². The molecule has 0 radical (unpaired) electrons. The van der Waals surface area contributed by atoms with Gasteiger partial charge in [-0.05, 0) is 18.8 Å². The minimum Gasteiger partial charge on any atom is -0.320 e. The highest BCUT2D eigenvalue weighted by Crippen LogP contribution is 2.26. The molecule has 2 unspecified atom stereocenters. The molecule has 3 heteroatoms. The molecule has 0 aliphatic heterocycles. The van der Waals surface area contributed by atoms with Crippen molar-refractivity contribution in [2.45, 2.75) is 52.0 Å². The molecule has 0 bridgehead atoms. The standard InChI is InChI=1S/C9H19F2N/c1-4-7(3)6-9(12,5-2)8(10)11/h7-8H,4-6,12H2,1-3H3. The summed E-state index contributed by atoms with van der Waals surface area (Å²) >= 11 is 0. The fourth-order valence-corrected chi connectivity index (χ4v) is 1.18. The largest absolute Gasteiger partial charge is 0.320 e. The monoisotopic (exact) mass is 179 g/mol. The Kier molecular flexibility index (Phi) is 4.68. The van der Waals surface area contributed by atoms with Gasteiger partial charge in [-0.1, -0.05) is 27.2 Å². The van der Waals surface area contributed by atoms with Crippen molar-refractivity contribution in [1.82, 2.24) is 0 Å². The average molecular weight is 179 g/mol. The van der Waals surface area contributed by atoms with Crippen molar-refractivity contribution < 1.29 is 8.78 Å². The van der Waals surface area contributed by atoms with Crippen molar-refractivity contribution in [3.8, 4) is 0 Å². The lowest BCUT2D eigenvalue weighted by Crippen LogP contribution is -2.47. The smallest absolute Gasteiger partial charge is 0.256 e. The first-order valence-corrected chi connectivity index (χ1v) is 4.53. The Labute approximate surface area is 73.3 Å². The lowest BCUT2D eigenvalue weighted by molar-refractivity contribution is 0.0371. The molecule has 2 N–H and O–H groups in total. The third kappa shape index (κ3) is 3.05. The Morgan fingerprint density at radius 2 is 1.83 bits per heavy atom. The second-order valence-electron chi connectivity index (χ2n) is 3.60. The van der Waals surface area contributed by atoms with Crippen LogP contribution in [0.4, 0.5) is 8.78 Å². The molecule has 0 aliphatic carbocycles. The van der Waals surface area contributed by atoms with E-state index in [2.05, 4.69) is 0 Å². The molecule has 0 aromatic rings. The lowest BCUT2D eigenvalue weighted by Gasteiger charge is -2.29. The Hall–Kier alpha value is -0.180. The van der Waals surface area contributed by atoms with Crippen LogP contribution >= 0.6 is 0 Å². The van der Waals surface area contributed by atoms with Gasteiger partial charge in [0.25, 0.3) is 6.43 Å². The fraction of sp³-hybridized carbons (Fsp3) is 1.00. The molecule has 74 valence electrons. The van der Waals surface area contributed by atoms with Crippen molar-refractivity contribution in [1.29, 1.82) is 0 Å². The van der Waals surface area contributed by atoms with Gasteiger partial charge in [0.1, 0.15) is 0 Å². The van der Waals surface area contributed by atoms with Crippen LogP contribution < -0.4 is 5.73 Å². The van der Waals surface area contributed by atoms with Crippen LogP contribution in [0, 0.1) is 5.92 Å². The summed E-state index contributed by atoms with van der Waals surface area (Å²) in [4.78, 5) is 0. The van der Waals surface area contributed by atoms with E-state index in [4.69, 9.17) is 5.73 Å². The molecule has 0 aromatic carbocycles. The Morgan fingerprint density at radius 3 is 2.08 bits per heavy atom. The maximum Gasteiger partial charge on any atom is 0.256 e. The highest BCUT2D eigenvalue weighted by Gasteiger charge is 2.34. The Bertz CT molecular complexity index is 128. The summed E-state index contributed by atoms with van der Waals surface area (Å²) in [7, 11) is 0. The number of alkyl halides is 2. The molecule has 0 saturated heterocycles. The van der Waals surface area contributed by atoms with Crippen molar-refractivity contribution in [3.63, 3.8) is 0 Å². The molecule has 2 atom stereocenters. The van der Waals surface area contributed by atoms with Crippen LogP contribution in [0.25, 0.3) is 0 Å². The highest BCUT2D eigenvalue weighted by atomic mass is 19.3. The van der Waals surface area contributed by atoms with Crippen molar-refractivity contribution in [2.24, 2.45) is 11.7 Å². The number of nitrogens with two attached hydrogens (primary N) is 1. The molecule has 0 heterocycles. The van der Waals surface area contributed by atoms with Crippen LogP contribution in [0.1, 0.15) is 40.0 Å². The van der Waals surface area contributed by atoms with E-state index in [1.807, 2.05) is 13.8 Å². The Morgan fingerprint density at radius 1 is 1.33 bits per heavy atom. The van der Waals surface area contributed by atoms with E-state index in [-0.39, 0.29) is 5.92 Å². The predicted molar refractivity (Wildman–Crippen MR) is 47.3 cm³/mol. The maximum atomic E-state index is 12.5. The van der Waals surface area contributed by atoms with Gasteiger partial charge in [-0.15, -0.1) is 0 Å². The summed E-state index contributed by atoms with van der Waals surface area (Å²) < 4.78 is 24.9. The second-order valence-corrected chi connectivity index (χ2v) is 3.60. The molecule has 0 spiro atoms. The first-order chi connectivity index (χ1) is 5.46. The molecule has 0 saturated carbocycles. The number of hydrogen-bond donors (Lipinski definition) is 1. The summed E-state index contributed by atoms with van der Waals surface area (Å²) in [6.45, 7) is 5.67. The second kappa shape index (κ2) is 4.75. The van der Waals surface area contributed by atoms with E-state index < -0.39 is 12.0 Å². The minimum absolute atomic E-state index is 0.281. The van der Waals surface area contributed by atoms with E-state index in [0.29, 0.717) is 12.8 Å². The van der Waals surface area contributed by atoms with Gasteiger partial charge in [0, 0.05) is 0 Å². The van der Waals surface area contributed by atoms with Gasteiger partial charge in [0.15, 0.2) is 0 Å². The van der Waals surface area contributed by atoms with Crippen LogP contribution in [-0.2, 0) is 0 Å². The molecule has 0 rings (SSSR count). The van der Waals surface area contributed by atoms with Gasteiger partial charge < -0.3 is 5.73 Å². The SMILES string of the molecule is CCC(C)CC(N)(CC)C(F)F. The van der Waals surface area contributed by atoms with E-state index in [1.165, 1.54) is 0 Å². The van der Waals surface area contributed by atoms with Crippen molar-refractivity contribution in [2.75, 3.05) is 0 Å². The van der Waals surface area contributed by atoms with Gasteiger partial charge in [-0.25, -0.2) is 8.78 Å². The third-order valence-electron chi connectivity index (χ3n) is 2.52. The first-order valence-electron chi connectivity index (χ1n) is 4.53. The summed E-state index contributed by atoms with van der Waals surface area (Å²) in [5, 5.41) is 0. The van der Waals surface area contributed by atoms with Gasteiger partial charge in [0.05, 0.1) is 5.54 Å². The number of halogens is 2. The van der Waals surface area contributed by atoms with E-state index in [0.717, 1.165) is 6.42 Å². The van der Waals surface area contributed by atoms with Crippen molar-refractivity contribution >= 4 is 0 Å². The quantitative estimate of drug-likeness (QED) is 0.690. The van der Waals surface area contributed by atoms with Crippen LogP contribution in [0.3, 0.4) is 0 Å². The van der Waals surface area contributed by atoms with E-state index in [9.17, 15) is 8.78 Å². The van der Waals surface area contributed by atoms with Gasteiger partial charge in [0.2, 0.25) is 0 Å². The summed E-state index contributed by atoms with van der Waals surface area (Å²) in [5.41, 5.74) is 4.30. The van der Waals surface area contributed by atoms with Crippen LogP contribution in [-0.4, -0.2) is 12.0 Å². The zero-order valence-electron chi connectivity index (χ0n) is 8.11. The molecular weight excluding hydrogens is 160 g/mol. The molecule has 0 aliphatic rings. The molecule has 0 fully saturated rings. The normalized spacial score (nSPS) is 19.2. The Balaban J connectivity index is 4.14. The van der Waals surface area contributed by atoms with Crippen molar-refractivity contribution in [3.05, 3.63) is 0 Å². The van der Waals surface area contributed by atoms with E-state index >= 15 is 0 Å². The number of hydrogen-bond acceptors (Lipinski definition) is 1. The van der Waals surface area contributed by atoms with Crippen LogP contribution in [0.2, 0.25) is 0 Å². The maximum absolute atomic E-state index is 12.5. The third-order valence-corrected chi connectivity index (χ3v) is 2.52. The van der Waals surface area contributed by atoms with Crippen LogP contribution in [0.15, 0.2) is 0 Å². The summed E-state index contributed by atoms with van der Waals surface area (Å²) in [5.74, 6) is 0.281. The zero-order valence-corrected chi connectivity index (χ0v) is 8.11. The zero-order chi connectivity index (χ0) is 9.78. The predicted octanol–water partition coefficient (Wildman–Crippen LogP) is 2.80. The fourth-order valence-electron chi connectivity index (χ4n) is 1.18. The average Bonchev–Trinajstić information content (AvgIpc) is 2.03.